The van der Waals surface area contributed by atoms with E-state index in [-0.39, 0.29) is 5.84 Å². The molecule has 1 aromatic rings. The Balaban J connectivity index is 2.38. The molecule has 2 rings (SSSR count). The van der Waals surface area contributed by atoms with E-state index in [9.17, 15) is 4.79 Å². The largest absolute Gasteiger partial charge is 0.497 e. The molecule has 1 heterocycles. The molecule has 1 atom stereocenters. The SMILES string of the molecule is COc1cc(OC)cc(C2OC(=O)N=C2N)c1. The first-order chi connectivity index (χ1) is 8.13. The Hall–Kier alpha value is -2.24. The third kappa shape index (κ3) is 2.15. The molecule has 0 spiro atoms. The number of amides is 1. The van der Waals surface area contributed by atoms with E-state index < -0.39 is 12.2 Å². The average molecular weight is 236 g/mol. The third-order valence-electron chi connectivity index (χ3n) is 2.38. The summed E-state index contributed by atoms with van der Waals surface area (Å²) >= 11 is 0. The lowest BCUT2D eigenvalue weighted by Crippen LogP contribution is -2.18. The highest BCUT2D eigenvalue weighted by molar-refractivity contribution is 5.99. The monoisotopic (exact) mass is 236 g/mol. The van der Waals surface area contributed by atoms with Gasteiger partial charge < -0.3 is 19.9 Å². The lowest BCUT2D eigenvalue weighted by Gasteiger charge is -2.13. The Morgan fingerprint density at radius 3 is 2.24 bits per heavy atom. The van der Waals surface area contributed by atoms with Gasteiger partial charge in [-0.3, -0.25) is 0 Å². The summed E-state index contributed by atoms with van der Waals surface area (Å²) in [5, 5.41) is 0. The summed E-state index contributed by atoms with van der Waals surface area (Å²) < 4.78 is 15.2. The predicted octanol–water partition coefficient (Wildman–Crippen LogP) is 1.25. The summed E-state index contributed by atoms with van der Waals surface area (Å²) in [5.41, 5.74) is 6.27. The van der Waals surface area contributed by atoms with Crippen LogP contribution < -0.4 is 15.2 Å². The zero-order valence-corrected chi connectivity index (χ0v) is 9.47. The molecule has 0 aromatic heterocycles. The summed E-state index contributed by atoms with van der Waals surface area (Å²) in [5.74, 6) is 1.32. The normalized spacial score (nSPS) is 18.6. The van der Waals surface area contributed by atoms with E-state index >= 15 is 0 Å². The summed E-state index contributed by atoms with van der Waals surface area (Å²) in [4.78, 5) is 14.5. The average Bonchev–Trinajstić information content (AvgIpc) is 2.67. The Labute approximate surface area is 98.0 Å². The number of nitrogens with two attached hydrogens (primary N) is 1. The number of methoxy groups -OCH3 is 2. The van der Waals surface area contributed by atoms with E-state index in [0.717, 1.165) is 0 Å². The molecule has 0 saturated carbocycles. The van der Waals surface area contributed by atoms with E-state index in [4.69, 9.17) is 19.9 Å². The number of carbonyl (C=O) groups excluding carboxylic acids is 1. The Morgan fingerprint density at radius 1 is 1.24 bits per heavy atom. The van der Waals surface area contributed by atoms with E-state index in [1.165, 1.54) is 14.2 Å². The second-order valence-electron chi connectivity index (χ2n) is 3.45. The maximum Gasteiger partial charge on any atom is 0.436 e. The van der Waals surface area contributed by atoms with Crippen molar-refractivity contribution in [1.82, 2.24) is 0 Å². The zero-order valence-electron chi connectivity index (χ0n) is 9.47. The van der Waals surface area contributed by atoms with Gasteiger partial charge in [0.05, 0.1) is 14.2 Å². The van der Waals surface area contributed by atoms with Crippen molar-refractivity contribution >= 4 is 11.9 Å². The Morgan fingerprint density at radius 2 is 1.82 bits per heavy atom. The fourth-order valence-electron chi connectivity index (χ4n) is 1.57. The minimum Gasteiger partial charge on any atom is -0.497 e. The number of aliphatic imine (C=N–C) groups is 1. The van der Waals surface area contributed by atoms with Crippen LogP contribution in [0.2, 0.25) is 0 Å². The second kappa shape index (κ2) is 4.32. The molecule has 1 amide bonds. The molecule has 6 nitrogen and oxygen atoms in total. The second-order valence-corrected chi connectivity index (χ2v) is 3.45. The fraction of sp³-hybridized carbons (Fsp3) is 0.273. The summed E-state index contributed by atoms with van der Waals surface area (Å²) in [7, 11) is 3.08. The van der Waals surface area contributed by atoms with Crippen LogP contribution >= 0.6 is 0 Å². The highest BCUT2D eigenvalue weighted by Gasteiger charge is 2.28. The van der Waals surface area contributed by atoms with Crippen LogP contribution in [-0.2, 0) is 4.74 Å². The van der Waals surface area contributed by atoms with Crippen molar-refractivity contribution in [3.63, 3.8) is 0 Å². The molecule has 0 aliphatic carbocycles. The standard InChI is InChI=1S/C11H12N2O4/c1-15-7-3-6(4-8(5-7)16-2)9-10(12)13-11(14)17-9/h3-5,9H,1-2H3,(H2,12,13,14). The molecule has 17 heavy (non-hydrogen) atoms. The number of hydrogen-bond donors (Lipinski definition) is 1. The third-order valence-corrected chi connectivity index (χ3v) is 2.38. The van der Waals surface area contributed by atoms with E-state index in [1.54, 1.807) is 18.2 Å². The highest BCUT2D eigenvalue weighted by atomic mass is 16.6. The van der Waals surface area contributed by atoms with Gasteiger partial charge in [0.25, 0.3) is 0 Å². The molecular formula is C11H12N2O4. The van der Waals surface area contributed by atoms with Gasteiger partial charge in [-0.05, 0) is 12.1 Å². The number of cyclic esters (lactones) is 1. The van der Waals surface area contributed by atoms with Gasteiger partial charge in [-0.1, -0.05) is 0 Å². The lowest BCUT2D eigenvalue weighted by atomic mass is 10.1. The van der Waals surface area contributed by atoms with Gasteiger partial charge in [-0.2, -0.15) is 4.99 Å². The van der Waals surface area contributed by atoms with Crippen LogP contribution in [0.4, 0.5) is 4.79 Å². The highest BCUT2D eigenvalue weighted by Crippen LogP contribution is 2.30. The molecule has 0 bridgehead atoms. The van der Waals surface area contributed by atoms with Gasteiger partial charge in [-0.15, -0.1) is 0 Å². The molecule has 90 valence electrons. The smallest absolute Gasteiger partial charge is 0.436 e. The number of hydrogen-bond acceptors (Lipinski definition) is 5. The predicted molar refractivity (Wildman–Crippen MR) is 60.4 cm³/mol. The van der Waals surface area contributed by atoms with Crippen LogP contribution in [0.25, 0.3) is 0 Å². The summed E-state index contributed by atoms with van der Waals surface area (Å²) in [6.07, 6.45) is -1.36. The van der Waals surface area contributed by atoms with Crippen molar-refractivity contribution in [2.24, 2.45) is 10.7 Å². The molecule has 1 aromatic carbocycles. The maximum atomic E-state index is 11.0. The van der Waals surface area contributed by atoms with Crippen LogP contribution in [0.1, 0.15) is 11.7 Å². The first kappa shape index (κ1) is 11.3. The van der Waals surface area contributed by atoms with Gasteiger partial charge >= 0.3 is 6.09 Å². The number of carbonyl (C=O) groups is 1. The molecular weight excluding hydrogens is 224 g/mol. The van der Waals surface area contributed by atoms with Crippen molar-refractivity contribution in [3.05, 3.63) is 23.8 Å². The fourth-order valence-corrected chi connectivity index (χ4v) is 1.57. The summed E-state index contributed by atoms with van der Waals surface area (Å²) in [6, 6.07) is 5.15. The van der Waals surface area contributed by atoms with Gasteiger partial charge in [0.15, 0.2) is 11.9 Å². The topological polar surface area (TPSA) is 83.1 Å². The number of ether oxygens (including phenoxy) is 3. The van der Waals surface area contributed by atoms with Gasteiger partial charge in [0.2, 0.25) is 0 Å². The molecule has 1 aliphatic rings. The molecule has 0 fully saturated rings. The maximum absolute atomic E-state index is 11.0. The first-order valence-corrected chi connectivity index (χ1v) is 4.91. The first-order valence-electron chi connectivity index (χ1n) is 4.91. The summed E-state index contributed by atoms with van der Waals surface area (Å²) in [6.45, 7) is 0. The zero-order chi connectivity index (χ0) is 12.4. The van der Waals surface area contributed by atoms with Crippen LogP contribution in [0, 0.1) is 0 Å². The molecule has 0 radical (unpaired) electrons. The van der Waals surface area contributed by atoms with E-state index in [1.807, 2.05) is 0 Å². The van der Waals surface area contributed by atoms with Crippen molar-refractivity contribution in [2.75, 3.05) is 14.2 Å². The van der Waals surface area contributed by atoms with Crippen LogP contribution in [0.3, 0.4) is 0 Å². The van der Waals surface area contributed by atoms with Crippen molar-refractivity contribution < 1.29 is 19.0 Å². The Bertz CT molecular complexity index is 462. The molecule has 0 saturated heterocycles. The van der Waals surface area contributed by atoms with E-state index in [2.05, 4.69) is 4.99 Å². The minimum atomic E-state index is -0.686. The van der Waals surface area contributed by atoms with E-state index in [0.29, 0.717) is 17.1 Å². The molecule has 2 N–H and O–H groups in total. The minimum absolute atomic E-state index is 0.130. The van der Waals surface area contributed by atoms with Crippen LogP contribution in [0.15, 0.2) is 23.2 Å². The number of nitrogens with zero attached hydrogens (tertiary/aromatic N) is 1. The molecule has 6 heteroatoms. The van der Waals surface area contributed by atoms with Crippen molar-refractivity contribution in [3.8, 4) is 11.5 Å². The van der Waals surface area contributed by atoms with Gasteiger partial charge in [-0.25, -0.2) is 4.79 Å². The van der Waals surface area contributed by atoms with Crippen LogP contribution in [0.5, 0.6) is 11.5 Å². The lowest BCUT2D eigenvalue weighted by molar-refractivity contribution is 0.148. The quantitative estimate of drug-likeness (QED) is 0.853. The van der Waals surface area contributed by atoms with Crippen LogP contribution in [-0.4, -0.2) is 26.1 Å². The number of rotatable bonds is 3. The molecule has 1 aliphatic heterocycles. The van der Waals surface area contributed by atoms with Gasteiger partial charge in [0.1, 0.15) is 11.5 Å². The Kier molecular flexibility index (Phi) is 2.86. The number of benzene rings is 1. The van der Waals surface area contributed by atoms with Gasteiger partial charge in [0, 0.05) is 11.6 Å². The van der Waals surface area contributed by atoms with Crippen molar-refractivity contribution in [2.45, 2.75) is 6.10 Å². The molecule has 1 unspecified atom stereocenters. The number of amidine groups is 1. The van der Waals surface area contributed by atoms with Crippen molar-refractivity contribution in [1.29, 1.82) is 0 Å².